The van der Waals surface area contributed by atoms with Gasteiger partial charge in [0.25, 0.3) is 0 Å². The predicted octanol–water partition coefficient (Wildman–Crippen LogP) is 7.60. The molecular formula is C32H72BFN2O3. The molecule has 0 spiro atoms. The van der Waals surface area contributed by atoms with E-state index in [2.05, 4.69) is 60.2 Å². The lowest BCUT2D eigenvalue weighted by molar-refractivity contribution is -0.929. The fraction of sp³-hybridized carbons (Fsp3) is 1.00. The van der Waals surface area contributed by atoms with Crippen LogP contribution in [0.25, 0.3) is 0 Å². The maximum absolute atomic E-state index is 9.99. The number of rotatable bonds is 25. The first-order chi connectivity index (χ1) is 18.8. The SMILES string of the molecule is CCCC[N+](CCCC)(CCCC)CCCC.CCCC[N+](CCCC)(CCCC)CCCC.[O-]B([O-])OF. The molecule has 0 heterocycles. The second kappa shape index (κ2) is 32.3. The Morgan fingerprint density at radius 3 is 0.615 bits per heavy atom. The summed E-state index contributed by atoms with van der Waals surface area (Å²) in [6.45, 7) is 30.0. The van der Waals surface area contributed by atoms with Crippen LogP contribution in [0, 0.1) is 0 Å². The van der Waals surface area contributed by atoms with Crippen LogP contribution < -0.4 is 10.0 Å². The highest BCUT2D eigenvalue weighted by Gasteiger charge is 2.25. The van der Waals surface area contributed by atoms with E-state index in [0.717, 1.165) is 0 Å². The lowest BCUT2D eigenvalue weighted by Gasteiger charge is -2.39. The largest absolute Gasteiger partial charge is 0.868 e. The Morgan fingerprint density at radius 2 is 0.538 bits per heavy atom. The number of quaternary nitrogens is 2. The van der Waals surface area contributed by atoms with Crippen molar-refractivity contribution in [1.82, 2.24) is 0 Å². The third kappa shape index (κ3) is 27.7. The zero-order valence-corrected chi connectivity index (χ0v) is 28.0. The Bertz CT molecular complexity index is 348. The summed E-state index contributed by atoms with van der Waals surface area (Å²) in [5.74, 6) is 0. The van der Waals surface area contributed by atoms with Gasteiger partial charge in [-0.3, -0.25) is 0 Å². The van der Waals surface area contributed by atoms with Crippen LogP contribution in [0.15, 0.2) is 0 Å². The Kier molecular flexibility index (Phi) is 35.8. The second-order valence-electron chi connectivity index (χ2n) is 11.7. The van der Waals surface area contributed by atoms with Crippen molar-refractivity contribution in [3.8, 4) is 0 Å². The van der Waals surface area contributed by atoms with E-state index in [-0.39, 0.29) is 0 Å². The topological polar surface area (TPSA) is 55.3 Å². The maximum atomic E-state index is 9.99. The van der Waals surface area contributed by atoms with Crippen molar-refractivity contribution in [3.05, 3.63) is 0 Å². The molecule has 0 aliphatic heterocycles. The monoisotopic (exact) mass is 563 g/mol. The molecule has 0 fully saturated rings. The first kappa shape index (κ1) is 43.3. The van der Waals surface area contributed by atoms with Gasteiger partial charge in [0.2, 0.25) is 0 Å². The number of halogens is 1. The molecule has 7 heteroatoms. The minimum absolute atomic E-state index is 1.35. The van der Waals surface area contributed by atoms with Gasteiger partial charge in [-0.25, -0.2) is 0 Å². The van der Waals surface area contributed by atoms with E-state index in [9.17, 15) is 4.53 Å². The Labute approximate surface area is 246 Å². The van der Waals surface area contributed by atoms with Crippen LogP contribution in [0.5, 0.6) is 0 Å². The average Bonchev–Trinajstić information content (AvgIpc) is 2.96. The van der Waals surface area contributed by atoms with Crippen LogP contribution in [-0.2, 0) is 4.86 Å². The Morgan fingerprint density at radius 1 is 0.410 bits per heavy atom. The summed E-state index contributed by atoms with van der Waals surface area (Å²) in [4.78, 5) is 2.14. The van der Waals surface area contributed by atoms with Gasteiger partial charge in [-0.05, 0) is 51.4 Å². The van der Waals surface area contributed by atoms with Gasteiger partial charge in [0.15, 0.2) is 0 Å². The number of hydrogen-bond donors (Lipinski definition) is 0. The lowest BCUT2D eigenvalue weighted by Crippen LogP contribution is -2.50. The van der Waals surface area contributed by atoms with Gasteiger partial charge in [-0.1, -0.05) is 111 Å². The molecule has 39 heavy (non-hydrogen) atoms. The normalized spacial score (nSPS) is 11.5. The average molecular weight is 563 g/mol. The summed E-state index contributed by atoms with van der Waals surface area (Å²) in [6.07, 6.45) is 22.1. The van der Waals surface area contributed by atoms with Crippen LogP contribution in [0.3, 0.4) is 0 Å². The maximum Gasteiger partial charge on any atom is 0.119 e. The highest BCUT2D eigenvalue weighted by atomic mass is 19.3. The summed E-state index contributed by atoms with van der Waals surface area (Å²) in [6, 6.07) is 0. The molecule has 0 aromatic rings. The van der Waals surface area contributed by atoms with Crippen LogP contribution in [-0.4, -0.2) is 68.6 Å². The van der Waals surface area contributed by atoms with Crippen molar-refractivity contribution in [2.75, 3.05) is 52.4 Å². The summed E-state index contributed by atoms with van der Waals surface area (Å²) < 4.78 is 12.8. The molecular weight excluding hydrogens is 490 g/mol. The molecule has 0 aromatic heterocycles. The molecule has 238 valence electrons. The molecule has 0 rings (SSSR count). The number of hydrogen-bond acceptors (Lipinski definition) is 3. The molecule has 0 bridgehead atoms. The smallest absolute Gasteiger partial charge is 0.119 e. The predicted molar refractivity (Wildman–Crippen MR) is 167 cm³/mol. The molecule has 0 N–H and O–H groups in total. The quantitative estimate of drug-likeness (QED) is 0.0850. The minimum Gasteiger partial charge on any atom is -0.868 e. The number of nitrogens with zero attached hydrogens (tertiary/aromatic N) is 2. The Hall–Kier alpha value is -0.205. The van der Waals surface area contributed by atoms with Gasteiger partial charge in [0, 0.05) is 0 Å². The lowest BCUT2D eigenvalue weighted by atomic mass is 10.1. The van der Waals surface area contributed by atoms with Gasteiger partial charge in [0.05, 0.1) is 52.4 Å². The highest BCUT2D eigenvalue weighted by Crippen LogP contribution is 2.17. The van der Waals surface area contributed by atoms with E-state index in [1.165, 1.54) is 164 Å². The first-order valence-corrected chi connectivity index (χ1v) is 17.0. The molecule has 0 saturated carbocycles. The third-order valence-corrected chi connectivity index (χ3v) is 7.96. The Balaban J connectivity index is -0.000000566. The van der Waals surface area contributed by atoms with E-state index in [0.29, 0.717) is 0 Å². The van der Waals surface area contributed by atoms with Gasteiger partial charge in [-0.2, -0.15) is 0 Å². The van der Waals surface area contributed by atoms with Crippen LogP contribution in [0.1, 0.15) is 158 Å². The van der Waals surface area contributed by atoms with E-state index < -0.39 is 7.32 Å². The van der Waals surface area contributed by atoms with E-state index in [1.807, 2.05) is 0 Å². The van der Waals surface area contributed by atoms with Crippen LogP contribution in [0.4, 0.5) is 4.53 Å². The van der Waals surface area contributed by atoms with Gasteiger partial charge in [0.1, 0.15) is 7.32 Å². The summed E-state index contributed by atoms with van der Waals surface area (Å²) in [5.41, 5.74) is 0. The summed E-state index contributed by atoms with van der Waals surface area (Å²) >= 11 is 0. The van der Waals surface area contributed by atoms with Gasteiger partial charge >= 0.3 is 0 Å². The molecule has 5 nitrogen and oxygen atoms in total. The van der Waals surface area contributed by atoms with Crippen molar-refractivity contribution in [2.45, 2.75) is 158 Å². The molecule has 0 unspecified atom stereocenters. The van der Waals surface area contributed by atoms with Gasteiger partial charge in [-0.15, -0.1) is 0 Å². The van der Waals surface area contributed by atoms with E-state index in [1.54, 1.807) is 0 Å². The number of unbranched alkanes of at least 4 members (excludes halogenated alkanes) is 8. The molecule has 0 aromatic carbocycles. The van der Waals surface area contributed by atoms with Crippen molar-refractivity contribution in [2.24, 2.45) is 0 Å². The van der Waals surface area contributed by atoms with Crippen LogP contribution in [0.2, 0.25) is 0 Å². The zero-order valence-electron chi connectivity index (χ0n) is 28.0. The third-order valence-electron chi connectivity index (χ3n) is 7.96. The van der Waals surface area contributed by atoms with E-state index >= 15 is 0 Å². The zero-order chi connectivity index (χ0) is 30.3. The van der Waals surface area contributed by atoms with Crippen molar-refractivity contribution in [3.63, 3.8) is 0 Å². The first-order valence-electron chi connectivity index (χ1n) is 17.0. The van der Waals surface area contributed by atoms with Crippen molar-refractivity contribution >= 4 is 7.32 Å². The molecule has 0 aliphatic carbocycles. The van der Waals surface area contributed by atoms with Crippen LogP contribution >= 0.6 is 0 Å². The van der Waals surface area contributed by atoms with Gasteiger partial charge < -0.3 is 23.9 Å². The molecule has 0 amide bonds. The van der Waals surface area contributed by atoms with E-state index in [4.69, 9.17) is 10.0 Å². The van der Waals surface area contributed by atoms with Crippen molar-refractivity contribution in [1.29, 1.82) is 0 Å². The summed E-state index contributed by atoms with van der Waals surface area (Å²) in [7, 11) is -2.78. The minimum atomic E-state index is -2.78. The molecule has 0 saturated heterocycles. The standard InChI is InChI=1S/2C16H36N.BFO3/c2*1-5-9-13-17(14-10-6-2,15-11-7-3)16-12-8-4;2-5-1(3)4/h2*5-16H2,1-4H3;/q2*+1;-2. The van der Waals surface area contributed by atoms with Crippen molar-refractivity contribution < 1.29 is 28.4 Å². The summed E-state index contributed by atoms with van der Waals surface area (Å²) in [5, 5.41) is 17.5. The molecule has 0 aliphatic rings. The fourth-order valence-electron chi connectivity index (χ4n) is 5.29. The molecule has 0 radical (unpaired) electrons. The second-order valence-corrected chi connectivity index (χ2v) is 11.7. The molecule has 0 atom stereocenters. The highest BCUT2D eigenvalue weighted by molar-refractivity contribution is 6.27. The fourth-order valence-corrected chi connectivity index (χ4v) is 5.29.